The molecule has 0 spiro atoms. The smallest absolute Gasteiger partial charge is 0.243 e. The second-order valence-electron chi connectivity index (χ2n) is 7.47. The molecule has 0 aliphatic heterocycles. The van der Waals surface area contributed by atoms with Gasteiger partial charge in [-0.1, -0.05) is 42.5 Å². The number of hydrogen-bond acceptors (Lipinski definition) is 6. The highest BCUT2D eigenvalue weighted by Crippen LogP contribution is 2.12. The van der Waals surface area contributed by atoms with E-state index in [1.165, 1.54) is 12.1 Å². The van der Waals surface area contributed by atoms with Crippen LogP contribution in [0.5, 0.6) is 5.75 Å². The van der Waals surface area contributed by atoms with E-state index in [0.717, 1.165) is 11.1 Å². The molecule has 8 nitrogen and oxygen atoms in total. The number of hydrogen-bond donors (Lipinski definition) is 5. The molecule has 0 bridgehead atoms. The number of nitrogens with two attached hydrogens (primary N) is 2. The van der Waals surface area contributed by atoms with Gasteiger partial charge >= 0.3 is 0 Å². The Balaban J connectivity index is 2.15. The Morgan fingerprint density at radius 1 is 0.906 bits per heavy atom. The molecule has 0 aliphatic rings. The van der Waals surface area contributed by atoms with Crippen LogP contribution in [0.3, 0.4) is 0 Å². The molecule has 2 aromatic rings. The predicted octanol–water partition coefficient (Wildman–Crippen LogP) is 0.713. The molecule has 0 saturated carbocycles. The molecule has 0 aliphatic carbocycles. The van der Waals surface area contributed by atoms with Gasteiger partial charge in [-0.05, 0) is 41.7 Å². The van der Waals surface area contributed by atoms with Gasteiger partial charge in [0.2, 0.25) is 17.7 Å². The number of nitrogens with one attached hydrogen (secondary N) is 2. The molecule has 0 fully saturated rings. The average molecular weight is 459 g/mol. The van der Waals surface area contributed by atoms with Crippen molar-refractivity contribution in [2.45, 2.75) is 37.4 Å². The first-order valence-corrected chi connectivity index (χ1v) is 11.7. The highest BCUT2D eigenvalue weighted by Gasteiger charge is 2.27. The Morgan fingerprint density at radius 3 is 2.06 bits per heavy atom. The van der Waals surface area contributed by atoms with E-state index in [4.69, 9.17) is 11.5 Å². The van der Waals surface area contributed by atoms with Crippen molar-refractivity contribution in [3.63, 3.8) is 0 Å². The number of phenols is 1. The third-order valence-electron chi connectivity index (χ3n) is 4.92. The van der Waals surface area contributed by atoms with E-state index in [0.29, 0.717) is 12.2 Å². The van der Waals surface area contributed by atoms with Gasteiger partial charge < -0.3 is 27.2 Å². The van der Waals surface area contributed by atoms with Crippen LogP contribution in [0.1, 0.15) is 17.5 Å². The van der Waals surface area contributed by atoms with Crippen LogP contribution in [-0.4, -0.2) is 53.0 Å². The van der Waals surface area contributed by atoms with Crippen LogP contribution in [0.15, 0.2) is 54.6 Å². The lowest BCUT2D eigenvalue weighted by molar-refractivity contribution is -0.131. The van der Waals surface area contributed by atoms with E-state index >= 15 is 0 Å². The van der Waals surface area contributed by atoms with Crippen molar-refractivity contribution >= 4 is 29.5 Å². The van der Waals surface area contributed by atoms with Crippen LogP contribution in [0.4, 0.5) is 0 Å². The lowest BCUT2D eigenvalue weighted by atomic mass is 10.0. The Bertz CT molecular complexity index is 893. The standard InChI is InChI=1S/C23H30N4O4S/c1-32-12-11-18(24)22(30)27-20(14-16-7-9-17(28)10-8-16)23(31)26-19(21(25)29)13-15-5-3-2-4-6-15/h2-10,18-20,28H,11-14,24H2,1H3,(H2,25,29)(H,26,31)(H,27,30). The Labute approximate surface area is 192 Å². The van der Waals surface area contributed by atoms with E-state index in [-0.39, 0.29) is 18.6 Å². The minimum Gasteiger partial charge on any atom is -0.508 e. The summed E-state index contributed by atoms with van der Waals surface area (Å²) in [5, 5.41) is 14.9. The first-order valence-electron chi connectivity index (χ1n) is 10.3. The molecule has 172 valence electrons. The quantitative estimate of drug-likeness (QED) is 0.316. The van der Waals surface area contributed by atoms with Crippen LogP contribution >= 0.6 is 11.8 Å². The molecular formula is C23H30N4O4S. The van der Waals surface area contributed by atoms with Crippen molar-refractivity contribution in [2.75, 3.05) is 12.0 Å². The van der Waals surface area contributed by atoms with Crippen LogP contribution in [0.2, 0.25) is 0 Å². The van der Waals surface area contributed by atoms with Gasteiger partial charge in [-0.2, -0.15) is 11.8 Å². The van der Waals surface area contributed by atoms with E-state index in [1.54, 1.807) is 23.9 Å². The average Bonchev–Trinajstić information content (AvgIpc) is 2.78. The summed E-state index contributed by atoms with van der Waals surface area (Å²) in [5.41, 5.74) is 13.0. The number of benzene rings is 2. The zero-order valence-electron chi connectivity index (χ0n) is 18.0. The summed E-state index contributed by atoms with van der Waals surface area (Å²) in [6.07, 6.45) is 2.78. The number of amides is 3. The highest BCUT2D eigenvalue weighted by atomic mass is 32.2. The lowest BCUT2D eigenvalue weighted by Crippen LogP contribution is -2.56. The van der Waals surface area contributed by atoms with Gasteiger partial charge in [-0.15, -0.1) is 0 Å². The van der Waals surface area contributed by atoms with Gasteiger partial charge in [0, 0.05) is 12.8 Å². The molecule has 3 amide bonds. The summed E-state index contributed by atoms with van der Waals surface area (Å²) in [4.78, 5) is 37.6. The van der Waals surface area contributed by atoms with E-state index in [9.17, 15) is 19.5 Å². The third kappa shape index (κ3) is 8.24. The molecule has 32 heavy (non-hydrogen) atoms. The van der Waals surface area contributed by atoms with Crippen molar-refractivity contribution < 1.29 is 19.5 Å². The molecule has 0 saturated heterocycles. The topological polar surface area (TPSA) is 148 Å². The Hall–Kier alpha value is -3.04. The number of rotatable bonds is 12. The molecule has 0 heterocycles. The first kappa shape index (κ1) is 25.2. The fraction of sp³-hybridized carbons (Fsp3) is 0.348. The molecule has 7 N–H and O–H groups in total. The zero-order valence-corrected chi connectivity index (χ0v) is 18.8. The van der Waals surface area contributed by atoms with Crippen LogP contribution in [-0.2, 0) is 27.2 Å². The van der Waals surface area contributed by atoms with Gasteiger partial charge in [0.25, 0.3) is 0 Å². The maximum absolute atomic E-state index is 13.1. The molecule has 0 radical (unpaired) electrons. The molecule has 3 unspecified atom stereocenters. The van der Waals surface area contributed by atoms with Crippen LogP contribution in [0.25, 0.3) is 0 Å². The van der Waals surface area contributed by atoms with E-state index in [1.807, 2.05) is 36.6 Å². The van der Waals surface area contributed by atoms with Crippen LogP contribution in [0, 0.1) is 0 Å². The van der Waals surface area contributed by atoms with Crippen molar-refractivity contribution in [2.24, 2.45) is 11.5 Å². The molecule has 3 atom stereocenters. The third-order valence-corrected chi connectivity index (χ3v) is 5.57. The summed E-state index contributed by atoms with van der Waals surface area (Å²) in [7, 11) is 0. The summed E-state index contributed by atoms with van der Waals surface area (Å²) in [5.74, 6) is -0.854. The Kier molecular flexibility index (Phi) is 10.0. The summed E-state index contributed by atoms with van der Waals surface area (Å²) < 4.78 is 0. The number of primary amides is 1. The number of thioether (sulfide) groups is 1. The second-order valence-corrected chi connectivity index (χ2v) is 8.46. The van der Waals surface area contributed by atoms with Gasteiger partial charge in [0.05, 0.1) is 6.04 Å². The number of phenolic OH excluding ortho intramolecular Hbond substituents is 1. The number of carbonyl (C=O) groups is 3. The predicted molar refractivity (Wildman–Crippen MR) is 126 cm³/mol. The first-order chi connectivity index (χ1) is 15.3. The van der Waals surface area contributed by atoms with Gasteiger partial charge in [-0.3, -0.25) is 14.4 Å². The van der Waals surface area contributed by atoms with Gasteiger partial charge in [-0.25, -0.2) is 0 Å². The molecular weight excluding hydrogens is 428 g/mol. The minimum atomic E-state index is -0.968. The monoisotopic (exact) mass is 458 g/mol. The SMILES string of the molecule is CSCCC(N)C(=O)NC(Cc1ccc(O)cc1)C(=O)NC(Cc1ccccc1)C(N)=O. The second kappa shape index (κ2) is 12.7. The van der Waals surface area contributed by atoms with Crippen LogP contribution < -0.4 is 22.1 Å². The van der Waals surface area contributed by atoms with E-state index < -0.39 is 35.8 Å². The summed E-state index contributed by atoms with van der Waals surface area (Å²) in [6, 6.07) is 12.8. The maximum Gasteiger partial charge on any atom is 0.243 e. The molecule has 9 heteroatoms. The van der Waals surface area contributed by atoms with Crippen molar-refractivity contribution in [3.05, 3.63) is 65.7 Å². The van der Waals surface area contributed by atoms with Gasteiger partial charge in [0.1, 0.15) is 17.8 Å². The lowest BCUT2D eigenvalue weighted by Gasteiger charge is -2.23. The molecule has 2 rings (SSSR count). The fourth-order valence-electron chi connectivity index (χ4n) is 3.08. The van der Waals surface area contributed by atoms with E-state index in [2.05, 4.69) is 10.6 Å². The largest absolute Gasteiger partial charge is 0.508 e. The molecule has 2 aromatic carbocycles. The molecule has 0 aromatic heterocycles. The summed E-state index contributed by atoms with van der Waals surface area (Å²) in [6.45, 7) is 0. The minimum absolute atomic E-state index is 0.0922. The summed E-state index contributed by atoms with van der Waals surface area (Å²) >= 11 is 1.57. The number of aromatic hydroxyl groups is 1. The Morgan fingerprint density at radius 2 is 1.47 bits per heavy atom. The maximum atomic E-state index is 13.1. The fourth-order valence-corrected chi connectivity index (χ4v) is 3.57. The highest BCUT2D eigenvalue weighted by molar-refractivity contribution is 7.98. The normalized spacial score (nSPS) is 13.6. The van der Waals surface area contributed by atoms with Crippen molar-refractivity contribution in [3.8, 4) is 5.75 Å². The zero-order chi connectivity index (χ0) is 23.5. The van der Waals surface area contributed by atoms with Crippen molar-refractivity contribution in [1.82, 2.24) is 10.6 Å². The van der Waals surface area contributed by atoms with Crippen molar-refractivity contribution in [1.29, 1.82) is 0 Å². The van der Waals surface area contributed by atoms with Gasteiger partial charge in [0.15, 0.2) is 0 Å². The number of carbonyl (C=O) groups excluding carboxylic acids is 3.